The van der Waals surface area contributed by atoms with E-state index < -0.39 is 17.6 Å². The molecule has 4 nitrogen and oxygen atoms in total. The molecule has 0 aliphatic heterocycles. The highest BCUT2D eigenvalue weighted by Gasteiger charge is 2.30. The molecule has 8 heteroatoms. The predicted octanol–water partition coefficient (Wildman–Crippen LogP) is 6.08. The quantitative estimate of drug-likeness (QED) is 0.217. The Morgan fingerprint density at radius 3 is 2.55 bits per heavy atom. The fraction of sp³-hybridized carbons (Fsp3) is 0.0435. The lowest BCUT2D eigenvalue weighted by Gasteiger charge is -2.07. The summed E-state index contributed by atoms with van der Waals surface area (Å²) in [6, 6.07) is 14.5. The molecule has 3 aromatic rings. The van der Waals surface area contributed by atoms with Gasteiger partial charge in [-0.2, -0.15) is 13.2 Å². The van der Waals surface area contributed by atoms with Gasteiger partial charge in [0.15, 0.2) is 0 Å². The predicted molar refractivity (Wildman–Crippen MR) is 114 cm³/mol. The molecule has 0 aliphatic rings. The van der Waals surface area contributed by atoms with Crippen LogP contribution in [0.15, 0.2) is 96.3 Å². The van der Waals surface area contributed by atoms with Crippen LogP contribution in [-0.2, 0) is 6.18 Å². The summed E-state index contributed by atoms with van der Waals surface area (Å²) >= 11 is 0. The van der Waals surface area contributed by atoms with Gasteiger partial charge in [0.05, 0.1) is 22.6 Å². The Kier molecular flexibility index (Phi) is 6.49. The number of nitrogens with one attached hydrogen (secondary N) is 1. The number of aromatic nitrogens is 1. The van der Waals surface area contributed by atoms with Crippen molar-refractivity contribution in [2.24, 2.45) is 10.7 Å². The molecule has 0 bridgehead atoms. The van der Waals surface area contributed by atoms with E-state index in [1.165, 1.54) is 30.5 Å². The number of anilines is 1. The molecule has 0 saturated heterocycles. The molecule has 0 atom stereocenters. The van der Waals surface area contributed by atoms with Gasteiger partial charge in [0.1, 0.15) is 11.7 Å². The normalized spacial score (nSPS) is 12.2. The summed E-state index contributed by atoms with van der Waals surface area (Å²) in [5.41, 5.74) is 6.78. The Bertz CT molecular complexity index is 1140. The Labute approximate surface area is 176 Å². The lowest BCUT2D eigenvalue weighted by molar-refractivity contribution is -0.137. The fourth-order valence-corrected chi connectivity index (χ4v) is 2.61. The zero-order valence-corrected chi connectivity index (χ0v) is 16.2. The van der Waals surface area contributed by atoms with E-state index in [9.17, 15) is 17.6 Å². The zero-order valence-electron chi connectivity index (χ0n) is 16.2. The van der Waals surface area contributed by atoms with E-state index in [2.05, 4.69) is 21.9 Å². The van der Waals surface area contributed by atoms with Gasteiger partial charge in [0, 0.05) is 23.5 Å². The maximum absolute atomic E-state index is 14.4. The van der Waals surface area contributed by atoms with E-state index in [1.54, 1.807) is 30.5 Å². The topological polar surface area (TPSA) is 63.3 Å². The number of pyridine rings is 1. The number of hydrogen-bond acceptors (Lipinski definition) is 3. The highest BCUT2D eigenvalue weighted by Crippen LogP contribution is 2.31. The van der Waals surface area contributed by atoms with Crippen LogP contribution >= 0.6 is 0 Å². The number of hydrogen-bond donors (Lipinski definition) is 2. The van der Waals surface area contributed by atoms with Crippen molar-refractivity contribution < 1.29 is 17.6 Å². The molecule has 0 radical (unpaired) electrons. The second kappa shape index (κ2) is 9.25. The van der Waals surface area contributed by atoms with Gasteiger partial charge in [0.25, 0.3) is 0 Å². The monoisotopic (exact) mass is 426 g/mol. The van der Waals surface area contributed by atoms with Crippen LogP contribution in [0.3, 0.4) is 0 Å². The number of nitrogens with zero attached hydrogens (tertiary/aromatic N) is 2. The van der Waals surface area contributed by atoms with Crippen molar-refractivity contribution in [3.63, 3.8) is 0 Å². The van der Waals surface area contributed by atoms with Gasteiger partial charge in [0.2, 0.25) is 0 Å². The van der Waals surface area contributed by atoms with E-state index >= 15 is 0 Å². The molecule has 3 N–H and O–H groups in total. The standard InChI is InChI=1S/C23H18F4N4/c1-15(22(28)31-18-6-4-5-17(14-18)23(25,26)27)10-12-30-21-9-8-16(13-19(21)24)20-7-2-3-11-29-20/h2-14,30H,1H2,(H2,28,31)/b12-10-. The first-order valence-electron chi connectivity index (χ1n) is 9.09. The molecule has 0 unspecified atom stereocenters. The minimum absolute atomic E-state index is 0.0472. The maximum Gasteiger partial charge on any atom is 0.416 e. The Morgan fingerprint density at radius 1 is 1.06 bits per heavy atom. The summed E-state index contributed by atoms with van der Waals surface area (Å²) in [5, 5.41) is 2.77. The molecule has 2 aromatic carbocycles. The van der Waals surface area contributed by atoms with E-state index in [0.717, 1.165) is 12.1 Å². The van der Waals surface area contributed by atoms with E-state index in [1.807, 2.05) is 6.07 Å². The van der Waals surface area contributed by atoms with Crippen molar-refractivity contribution in [3.05, 3.63) is 103 Å². The highest BCUT2D eigenvalue weighted by atomic mass is 19.4. The number of rotatable bonds is 6. The Hall–Kier alpha value is -3.94. The summed E-state index contributed by atoms with van der Waals surface area (Å²) in [5.74, 6) is -0.549. The summed E-state index contributed by atoms with van der Waals surface area (Å²) in [6.45, 7) is 3.72. The molecule has 0 aliphatic carbocycles. The molecule has 0 fully saturated rings. The van der Waals surface area contributed by atoms with Crippen molar-refractivity contribution in [1.82, 2.24) is 4.98 Å². The van der Waals surface area contributed by atoms with Crippen LogP contribution in [0.25, 0.3) is 11.3 Å². The third-order valence-electron chi connectivity index (χ3n) is 4.21. The molecular weight excluding hydrogens is 408 g/mol. The van der Waals surface area contributed by atoms with Gasteiger partial charge in [-0.3, -0.25) is 4.98 Å². The minimum atomic E-state index is -4.47. The summed E-state index contributed by atoms with van der Waals surface area (Å²) in [6.07, 6.45) is 0.00461. The second-order valence-corrected chi connectivity index (χ2v) is 6.46. The molecule has 0 saturated carbocycles. The lowest BCUT2D eigenvalue weighted by atomic mass is 10.1. The van der Waals surface area contributed by atoms with Gasteiger partial charge in [-0.15, -0.1) is 0 Å². The Balaban J connectivity index is 1.67. The molecular formula is C23H18F4N4. The maximum atomic E-state index is 14.4. The van der Waals surface area contributed by atoms with Gasteiger partial charge in [-0.1, -0.05) is 24.8 Å². The van der Waals surface area contributed by atoms with E-state index in [0.29, 0.717) is 11.3 Å². The van der Waals surface area contributed by atoms with Gasteiger partial charge in [-0.05, 0) is 48.5 Å². The van der Waals surface area contributed by atoms with Crippen molar-refractivity contribution in [2.45, 2.75) is 6.18 Å². The van der Waals surface area contributed by atoms with Crippen LogP contribution in [0.1, 0.15) is 5.56 Å². The summed E-state index contributed by atoms with van der Waals surface area (Å²) < 4.78 is 52.7. The first-order valence-corrected chi connectivity index (χ1v) is 9.09. The smallest absolute Gasteiger partial charge is 0.383 e. The number of aliphatic imine (C=N–C) groups is 1. The van der Waals surface area contributed by atoms with Crippen LogP contribution in [-0.4, -0.2) is 10.8 Å². The number of amidine groups is 1. The van der Waals surface area contributed by atoms with Crippen molar-refractivity contribution in [3.8, 4) is 11.3 Å². The van der Waals surface area contributed by atoms with Gasteiger partial charge in [-0.25, -0.2) is 9.38 Å². The number of nitrogens with two attached hydrogens (primary N) is 1. The van der Waals surface area contributed by atoms with E-state index in [-0.39, 0.29) is 22.8 Å². The van der Waals surface area contributed by atoms with Crippen molar-refractivity contribution >= 4 is 17.2 Å². The van der Waals surface area contributed by atoms with Crippen LogP contribution in [0.2, 0.25) is 0 Å². The zero-order chi connectivity index (χ0) is 22.4. The minimum Gasteiger partial charge on any atom is -0.383 e. The summed E-state index contributed by atoms with van der Waals surface area (Å²) in [4.78, 5) is 8.13. The summed E-state index contributed by atoms with van der Waals surface area (Å²) in [7, 11) is 0. The average Bonchev–Trinajstić information content (AvgIpc) is 2.75. The molecule has 0 amide bonds. The molecule has 1 heterocycles. The fourth-order valence-electron chi connectivity index (χ4n) is 2.61. The molecule has 3 rings (SSSR count). The second-order valence-electron chi connectivity index (χ2n) is 6.46. The van der Waals surface area contributed by atoms with Crippen LogP contribution < -0.4 is 11.1 Å². The van der Waals surface area contributed by atoms with E-state index in [4.69, 9.17) is 5.73 Å². The number of halogens is 4. The third-order valence-corrected chi connectivity index (χ3v) is 4.21. The van der Waals surface area contributed by atoms with Crippen molar-refractivity contribution in [1.29, 1.82) is 0 Å². The average molecular weight is 426 g/mol. The molecule has 158 valence electrons. The van der Waals surface area contributed by atoms with Crippen LogP contribution in [0.5, 0.6) is 0 Å². The largest absolute Gasteiger partial charge is 0.416 e. The first kappa shape index (κ1) is 21.8. The highest BCUT2D eigenvalue weighted by molar-refractivity contribution is 6.00. The third kappa shape index (κ3) is 5.79. The first-order chi connectivity index (χ1) is 14.7. The van der Waals surface area contributed by atoms with Crippen LogP contribution in [0.4, 0.5) is 28.9 Å². The number of alkyl halides is 3. The van der Waals surface area contributed by atoms with Gasteiger partial charge >= 0.3 is 6.18 Å². The SMILES string of the molecule is C=C(/C=C\Nc1ccc(-c2ccccn2)cc1F)C(N)=Nc1cccc(C(F)(F)F)c1. The number of benzene rings is 2. The van der Waals surface area contributed by atoms with Gasteiger partial charge < -0.3 is 11.1 Å². The molecule has 31 heavy (non-hydrogen) atoms. The lowest BCUT2D eigenvalue weighted by Crippen LogP contribution is -2.12. The van der Waals surface area contributed by atoms with Crippen molar-refractivity contribution in [2.75, 3.05) is 5.32 Å². The Morgan fingerprint density at radius 2 is 1.87 bits per heavy atom. The van der Waals surface area contributed by atoms with Crippen LogP contribution in [0, 0.1) is 5.82 Å². The molecule has 0 spiro atoms. The molecule has 1 aromatic heterocycles.